The molecule has 0 unspecified atom stereocenters. The molecule has 142 valence electrons. The summed E-state index contributed by atoms with van der Waals surface area (Å²) in [6.07, 6.45) is 1.82. The molecular weight excluding hydrogens is 352 g/mol. The summed E-state index contributed by atoms with van der Waals surface area (Å²) in [5.74, 6) is 0.289. The molecule has 1 amide bonds. The maximum Gasteiger partial charge on any atom is 0.273 e. The zero-order chi connectivity index (χ0) is 20.1. The molecule has 6 nitrogen and oxygen atoms in total. The van der Waals surface area contributed by atoms with Crippen molar-refractivity contribution < 1.29 is 9.63 Å². The van der Waals surface area contributed by atoms with Crippen LogP contribution in [0.2, 0.25) is 0 Å². The van der Waals surface area contributed by atoms with Crippen LogP contribution in [0, 0.1) is 13.8 Å². The van der Waals surface area contributed by atoms with Crippen molar-refractivity contribution in [3.05, 3.63) is 65.9 Å². The highest BCUT2D eigenvalue weighted by Crippen LogP contribution is 2.29. The van der Waals surface area contributed by atoms with E-state index >= 15 is 0 Å². The SMILES string of the molecule is CO/N=C(\C)C(=O)Nc1cccc(-c2ncc(C)c(-c3ccccc3)n2)c1C. The van der Waals surface area contributed by atoms with Crippen LogP contribution in [-0.2, 0) is 9.63 Å². The molecule has 2 aromatic carbocycles. The maximum atomic E-state index is 12.2. The molecule has 0 fully saturated rings. The van der Waals surface area contributed by atoms with E-state index in [1.54, 1.807) is 6.92 Å². The van der Waals surface area contributed by atoms with Gasteiger partial charge in [0, 0.05) is 23.0 Å². The van der Waals surface area contributed by atoms with E-state index in [0.29, 0.717) is 11.5 Å². The quantitative estimate of drug-likeness (QED) is 0.531. The summed E-state index contributed by atoms with van der Waals surface area (Å²) in [4.78, 5) is 26.2. The first-order chi connectivity index (χ1) is 13.5. The largest absolute Gasteiger partial charge is 0.399 e. The van der Waals surface area contributed by atoms with E-state index in [2.05, 4.69) is 20.3 Å². The average molecular weight is 374 g/mol. The second kappa shape index (κ2) is 8.43. The number of amides is 1. The number of aromatic nitrogens is 2. The Kier molecular flexibility index (Phi) is 5.79. The highest BCUT2D eigenvalue weighted by Gasteiger charge is 2.14. The highest BCUT2D eigenvalue weighted by atomic mass is 16.6. The molecular formula is C22H22N4O2. The third kappa shape index (κ3) is 4.06. The Morgan fingerprint density at radius 2 is 1.82 bits per heavy atom. The topological polar surface area (TPSA) is 76.5 Å². The molecule has 1 N–H and O–H groups in total. The van der Waals surface area contributed by atoms with E-state index < -0.39 is 0 Å². The minimum Gasteiger partial charge on any atom is -0.399 e. The van der Waals surface area contributed by atoms with Crippen molar-refractivity contribution in [3.8, 4) is 22.6 Å². The Morgan fingerprint density at radius 1 is 1.07 bits per heavy atom. The Bertz CT molecular complexity index is 1030. The van der Waals surface area contributed by atoms with E-state index in [9.17, 15) is 4.79 Å². The zero-order valence-corrected chi connectivity index (χ0v) is 16.4. The predicted octanol–water partition coefficient (Wildman–Crippen LogP) is 4.39. The van der Waals surface area contributed by atoms with Crippen LogP contribution in [0.3, 0.4) is 0 Å². The molecule has 0 aliphatic heterocycles. The summed E-state index contributed by atoms with van der Waals surface area (Å²) in [7, 11) is 1.40. The van der Waals surface area contributed by atoms with Crippen molar-refractivity contribution in [3.63, 3.8) is 0 Å². The fourth-order valence-corrected chi connectivity index (χ4v) is 2.86. The fourth-order valence-electron chi connectivity index (χ4n) is 2.86. The van der Waals surface area contributed by atoms with Crippen LogP contribution < -0.4 is 5.32 Å². The smallest absolute Gasteiger partial charge is 0.273 e. The lowest BCUT2D eigenvalue weighted by Crippen LogP contribution is -2.21. The number of oxime groups is 1. The van der Waals surface area contributed by atoms with Crippen molar-refractivity contribution in [2.75, 3.05) is 12.4 Å². The lowest BCUT2D eigenvalue weighted by atomic mass is 10.0. The first-order valence-corrected chi connectivity index (χ1v) is 8.89. The summed E-state index contributed by atoms with van der Waals surface area (Å²) in [5.41, 5.74) is 5.59. The van der Waals surface area contributed by atoms with Crippen LogP contribution in [0.1, 0.15) is 18.1 Å². The number of hydrogen-bond donors (Lipinski definition) is 1. The fraction of sp³-hybridized carbons (Fsp3) is 0.182. The molecule has 1 heterocycles. The van der Waals surface area contributed by atoms with Crippen molar-refractivity contribution in [2.45, 2.75) is 20.8 Å². The summed E-state index contributed by atoms with van der Waals surface area (Å²) < 4.78 is 0. The number of benzene rings is 2. The normalized spacial score (nSPS) is 11.2. The number of anilines is 1. The molecule has 0 spiro atoms. The number of aryl methyl sites for hydroxylation is 1. The second-order valence-corrected chi connectivity index (χ2v) is 6.38. The molecule has 0 bridgehead atoms. The van der Waals surface area contributed by atoms with Crippen LogP contribution in [0.4, 0.5) is 5.69 Å². The lowest BCUT2D eigenvalue weighted by molar-refractivity contribution is -0.110. The monoisotopic (exact) mass is 374 g/mol. The van der Waals surface area contributed by atoms with Crippen LogP contribution in [0.25, 0.3) is 22.6 Å². The van der Waals surface area contributed by atoms with Gasteiger partial charge in [-0.1, -0.05) is 47.6 Å². The van der Waals surface area contributed by atoms with Gasteiger partial charge in [-0.05, 0) is 38.0 Å². The van der Waals surface area contributed by atoms with Gasteiger partial charge in [0.05, 0.1) is 5.69 Å². The van der Waals surface area contributed by atoms with Gasteiger partial charge in [0.15, 0.2) is 5.82 Å². The van der Waals surface area contributed by atoms with Gasteiger partial charge in [0.2, 0.25) is 0 Å². The molecule has 3 aromatic rings. The van der Waals surface area contributed by atoms with Crippen molar-refractivity contribution >= 4 is 17.3 Å². The van der Waals surface area contributed by atoms with Gasteiger partial charge in [-0.2, -0.15) is 0 Å². The summed E-state index contributed by atoms with van der Waals surface area (Å²) in [5, 5.41) is 6.52. The highest BCUT2D eigenvalue weighted by molar-refractivity contribution is 6.42. The number of nitrogens with zero attached hydrogens (tertiary/aromatic N) is 3. The van der Waals surface area contributed by atoms with E-state index in [1.807, 2.05) is 68.6 Å². The van der Waals surface area contributed by atoms with Crippen LogP contribution >= 0.6 is 0 Å². The molecule has 3 rings (SSSR count). The molecule has 0 saturated carbocycles. The van der Waals surface area contributed by atoms with Gasteiger partial charge in [-0.3, -0.25) is 4.79 Å². The van der Waals surface area contributed by atoms with E-state index in [0.717, 1.165) is 27.9 Å². The summed E-state index contributed by atoms with van der Waals surface area (Å²) in [6, 6.07) is 15.7. The minimum absolute atomic E-state index is 0.241. The lowest BCUT2D eigenvalue weighted by Gasteiger charge is -2.13. The second-order valence-electron chi connectivity index (χ2n) is 6.38. The van der Waals surface area contributed by atoms with Gasteiger partial charge in [0.1, 0.15) is 12.8 Å². The minimum atomic E-state index is -0.322. The molecule has 0 aliphatic carbocycles. The van der Waals surface area contributed by atoms with Gasteiger partial charge in [-0.15, -0.1) is 0 Å². The van der Waals surface area contributed by atoms with Crippen LogP contribution in [0.15, 0.2) is 59.9 Å². The van der Waals surface area contributed by atoms with Gasteiger partial charge >= 0.3 is 0 Å². The molecule has 0 atom stereocenters. The number of nitrogens with one attached hydrogen (secondary N) is 1. The van der Waals surface area contributed by atoms with E-state index in [4.69, 9.17) is 4.98 Å². The third-order valence-electron chi connectivity index (χ3n) is 4.40. The maximum absolute atomic E-state index is 12.2. The zero-order valence-electron chi connectivity index (χ0n) is 16.4. The first kappa shape index (κ1) is 19.2. The van der Waals surface area contributed by atoms with Crippen LogP contribution in [-0.4, -0.2) is 28.7 Å². The standard InChI is InChI=1S/C22H22N4O2/c1-14-13-23-21(25-20(14)17-9-6-5-7-10-17)18-11-8-12-19(15(18)2)24-22(27)16(3)26-28-4/h5-13H,1-4H3,(H,24,27)/b26-16+. The molecule has 0 radical (unpaired) electrons. The van der Waals surface area contributed by atoms with Gasteiger partial charge < -0.3 is 10.2 Å². The Hall–Kier alpha value is -3.54. The molecule has 1 aromatic heterocycles. The predicted molar refractivity (Wildman–Crippen MR) is 111 cm³/mol. The van der Waals surface area contributed by atoms with E-state index in [1.165, 1.54) is 7.11 Å². The first-order valence-electron chi connectivity index (χ1n) is 8.89. The Balaban J connectivity index is 1.99. The molecule has 0 aliphatic rings. The number of hydrogen-bond acceptors (Lipinski definition) is 5. The number of carbonyl (C=O) groups excluding carboxylic acids is 1. The van der Waals surface area contributed by atoms with Gasteiger partial charge in [-0.25, -0.2) is 9.97 Å². The number of rotatable bonds is 5. The summed E-state index contributed by atoms with van der Waals surface area (Å²) in [6.45, 7) is 5.51. The molecule has 28 heavy (non-hydrogen) atoms. The third-order valence-corrected chi connectivity index (χ3v) is 4.40. The van der Waals surface area contributed by atoms with Crippen molar-refractivity contribution in [2.24, 2.45) is 5.16 Å². The van der Waals surface area contributed by atoms with Crippen molar-refractivity contribution in [1.82, 2.24) is 9.97 Å². The number of carbonyl (C=O) groups is 1. The summed E-state index contributed by atoms with van der Waals surface area (Å²) >= 11 is 0. The van der Waals surface area contributed by atoms with Gasteiger partial charge in [0.25, 0.3) is 5.91 Å². The average Bonchev–Trinajstić information content (AvgIpc) is 2.71. The molecule has 6 heteroatoms. The Labute approximate surface area is 164 Å². The van der Waals surface area contributed by atoms with E-state index in [-0.39, 0.29) is 11.6 Å². The van der Waals surface area contributed by atoms with Crippen molar-refractivity contribution in [1.29, 1.82) is 0 Å². The Morgan fingerprint density at radius 3 is 2.54 bits per heavy atom. The van der Waals surface area contributed by atoms with Crippen LogP contribution in [0.5, 0.6) is 0 Å². The molecule has 0 saturated heterocycles.